The van der Waals surface area contributed by atoms with Crippen molar-refractivity contribution in [2.24, 2.45) is 0 Å². The fourth-order valence-electron chi connectivity index (χ4n) is 1.82. The van der Waals surface area contributed by atoms with Gasteiger partial charge in [0, 0.05) is 16.2 Å². The Morgan fingerprint density at radius 2 is 2.00 bits per heavy atom. The van der Waals surface area contributed by atoms with Gasteiger partial charge in [0.25, 0.3) is 0 Å². The van der Waals surface area contributed by atoms with Crippen molar-refractivity contribution in [3.8, 4) is 6.07 Å². The summed E-state index contributed by atoms with van der Waals surface area (Å²) in [4.78, 5) is 1.33. The van der Waals surface area contributed by atoms with Crippen LogP contribution in [0.4, 0.5) is 18.9 Å². The molecule has 0 aliphatic heterocycles. The van der Waals surface area contributed by atoms with E-state index in [1.807, 2.05) is 6.07 Å². The Morgan fingerprint density at radius 1 is 1.33 bits per heavy atom. The topological polar surface area (TPSA) is 27.0 Å². The van der Waals surface area contributed by atoms with Crippen LogP contribution in [0.3, 0.4) is 0 Å². The van der Waals surface area contributed by atoms with E-state index in [1.54, 1.807) is 12.1 Å². The zero-order valence-electron chi connectivity index (χ0n) is 9.34. The molecule has 0 spiro atoms. The first-order chi connectivity index (χ1) is 8.39. The smallest absolute Gasteiger partial charge is 0.359 e. The van der Waals surface area contributed by atoms with Crippen LogP contribution in [0.25, 0.3) is 0 Å². The highest BCUT2D eigenvalue weighted by Gasteiger charge is 2.38. The molecular weight excluding hydrogens is 309 g/mol. The Hall–Kier alpha value is -1.22. The maximum Gasteiger partial charge on any atom is 0.405 e. The Balaban J connectivity index is 2.31. The lowest BCUT2D eigenvalue weighted by molar-refractivity contribution is -0.120. The molecule has 0 bridgehead atoms. The van der Waals surface area contributed by atoms with Gasteiger partial charge in [0.15, 0.2) is 0 Å². The molecule has 0 radical (unpaired) electrons. The molecule has 1 fully saturated rings. The molecule has 0 unspecified atom stereocenters. The molecule has 1 aliphatic rings. The van der Waals surface area contributed by atoms with Gasteiger partial charge >= 0.3 is 6.18 Å². The molecule has 96 valence electrons. The van der Waals surface area contributed by atoms with Crippen LogP contribution in [-0.4, -0.2) is 18.8 Å². The Kier molecular flexibility index (Phi) is 3.53. The van der Waals surface area contributed by atoms with E-state index in [0.717, 1.165) is 12.8 Å². The van der Waals surface area contributed by atoms with Gasteiger partial charge in [0.05, 0.1) is 11.6 Å². The number of rotatable bonds is 3. The Bertz CT molecular complexity index is 489. The van der Waals surface area contributed by atoms with Gasteiger partial charge in [0.1, 0.15) is 6.54 Å². The Labute approximate surface area is 111 Å². The minimum atomic E-state index is -4.24. The number of nitriles is 1. The molecule has 0 amide bonds. The van der Waals surface area contributed by atoms with Crippen LogP contribution >= 0.6 is 15.9 Å². The Morgan fingerprint density at radius 3 is 2.50 bits per heavy atom. The van der Waals surface area contributed by atoms with Gasteiger partial charge in [-0.05, 0) is 31.0 Å². The second kappa shape index (κ2) is 4.81. The standard InChI is InChI=1S/C12H10BrF3N2/c13-9-3-8(6-17)4-11(5-9)18(10-1-2-10)7-12(14,15)16/h3-5,10H,1-2,7H2. The number of anilines is 1. The van der Waals surface area contributed by atoms with Gasteiger partial charge in [-0.1, -0.05) is 15.9 Å². The molecule has 1 saturated carbocycles. The van der Waals surface area contributed by atoms with Crippen LogP contribution < -0.4 is 4.90 Å². The van der Waals surface area contributed by atoms with Crippen molar-refractivity contribution in [2.45, 2.75) is 25.1 Å². The van der Waals surface area contributed by atoms with Gasteiger partial charge in [0.2, 0.25) is 0 Å². The van der Waals surface area contributed by atoms with Crippen LogP contribution in [0.5, 0.6) is 0 Å². The first kappa shape index (κ1) is 13.2. The highest BCUT2D eigenvalue weighted by molar-refractivity contribution is 9.10. The molecular formula is C12H10BrF3N2. The van der Waals surface area contributed by atoms with Crippen molar-refractivity contribution < 1.29 is 13.2 Å². The van der Waals surface area contributed by atoms with Crippen molar-refractivity contribution in [1.29, 1.82) is 5.26 Å². The van der Waals surface area contributed by atoms with E-state index in [0.29, 0.717) is 15.7 Å². The first-order valence-corrected chi connectivity index (χ1v) is 6.22. The summed E-state index contributed by atoms with van der Waals surface area (Å²) in [6.45, 7) is -0.973. The summed E-state index contributed by atoms with van der Waals surface area (Å²) in [5.74, 6) is 0. The zero-order chi connectivity index (χ0) is 13.3. The largest absolute Gasteiger partial charge is 0.405 e. The second-order valence-corrected chi connectivity index (χ2v) is 5.20. The summed E-state index contributed by atoms with van der Waals surface area (Å²) in [6.07, 6.45) is -2.70. The van der Waals surface area contributed by atoms with Crippen molar-refractivity contribution in [1.82, 2.24) is 0 Å². The highest BCUT2D eigenvalue weighted by Crippen LogP contribution is 2.35. The summed E-state index contributed by atoms with van der Waals surface area (Å²) in [6, 6.07) is 6.58. The van der Waals surface area contributed by atoms with E-state index < -0.39 is 12.7 Å². The van der Waals surface area contributed by atoms with Crippen LogP contribution in [0.2, 0.25) is 0 Å². The fraction of sp³-hybridized carbons (Fsp3) is 0.417. The van der Waals surface area contributed by atoms with Crippen LogP contribution in [0.1, 0.15) is 18.4 Å². The number of hydrogen-bond donors (Lipinski definition) is 0. The third-order valence-electron chi connectivity index (χ3n) is 2.68. The molecule has 1 aliphatic carbocycles. The predicted octanol–water partition coefficient (Wildman–Crippen LogP) is 3.85. The van der Waals surface area contributed by atoms with Crippen LogP contribution in [-0.2, 0) is 0 Å². The summed E-state index contributed by atoms with van der Waals surface area (Å²) in [5.41, 5.74) is 0.799. The van der Waals surface area contributed by atoms with Gasteiger partial charge in [-0.25, -0.2) is 0 Å². The fourth-order valence-corrected chi connectivity index (χ4v) is 2.30. The molecule has 6 heteroatoms. The second-order valence-electron chi connectivity index (χ2n) is 4.28. The van der Waals surface area contributed by atoms with Gasteiger partial charge in [-0.3, -0.25) is 0 Å². The van der Waals surface area contributed by atoms with Crippen molar-refractivity contribution in [3.63, 3.8) is 0 Å². The SMILES string of the molecule is N#Cc1cc(Br)cc(N(CC(F)(F)F)C2CC2)c1. The lowest BCUT2D eigenvalue weighted by atomic mass is 10.2. The molecule has 2 nitrogen and oxygen atoms in total. The minimum Gasteiger partial charge on any atom is -0.359 e. The van der Waals surface area contributed by atoms with Crippen LogP contribution in [0, 0.1) is 11.3 Å². The van der Waals surface area contributed by atoms with Gasteiger partial charge in [-0.2, -0.15) is 18.4 Å². The highest BCUT2D eigenvalue weighted by atomic mass is 79.9. The maximum atomic E-state index is 12.5. The third kappa shape index (κ3) is 3.39. The molecule has 2 rings (SSSR count). The van der Waals surface area contributed by atoms with Crippen molar-refractivity contribution in [2.75, 3.05) is 11.4 Å². The van der Waals surface area contributed by atoms with E-state index in [4.69, 9.17) is 5.26 Å². The summed E-state index contributed by atoms with van der Waals surface area (Å²) < 4.78 is 38.2. The molecule has 0 N–H and O–H groups in total. The van der Waals surface area contributed by atoms with E-state index in [1.165, 1.54) is 11.0 Å². The van der Waals surface area contributed by atoms with Gasteiger partial charge in [-0.15, -0.1) is 0 Å². The number of nitrogens with zero attached hydrogens (tertiary/aromatic N) is 2. The third-order valence-corrected chi connectivity index (χ3v) is 3.14. The predicted molar refractivity (Wildman–Crippen MR) is 65.3 cm³/mol. The number of hydrogen-bond acceptors (Lipinski definition) is 2. The maximum absolute atomic E-state index is 12.5. The number of benzene rings is 1. The normalized spacial score (nSPS) is 15.3. The van der Waals surface area contributed by atoms with E-state index in [2.05, 4.69) is 15.9 Å². The summed E-state index contributed by atoms with van der Waals surface area (Å²) in [7, 11) is 0. The molecule has 0 atom stereocenters. The van der Waals surface area contributed by atoms with Crippen molar-refractivity contribution >= 4 is 21.6 Å². The number of halogens is 4. The molecule has 0 aromatic heterocycles. The summed E-state index contributed by atoms with van der Waals surface area (Å²) in [5, 5.41) is 8.84. The lowest BCUT2D eigenvalue weighted by Crippen LogP contribution is -2.36. The quantitative estimate of drug-likeness (QED) is 0.846. The van der Waals surface area contributed by atoms with Crippen LogP contribution in [0.15, 0.2) is 22.7 Å². The van der Waals surface area contributed by atoms with Gasteiger partial charge < -0.3 is 4.90 Å². The lowest BCUT2D eigenvalue weighted by Gasteiger charge is -2.26. The molecule has 0 heterocycles. The average Bonchev–Trinajstić information content (AvgIpc) is 3.07. The molecule has 0 saturated heterocycles. The summed E-state index contributed by atoms with van der Waals surface area (Å²) >= 11 is 3.21. The first-order valence-electron chi connectivity index (χ1n) is 5.43. The monoisotopic (exact) mass is 318 g/mol. The average molecular weight is 319 g/mol. The minimum absolute atomic E-state index is 0.0625. The van der Waals surface area contributed by atoms with E-state index >= 15 is 0 Å². The molecule has 1 aromatic rings. The molecule has 18 heavy (non-hydrogen) atoms. The van der Waals surface area contributed by atoms with E-state index in [-0.39, 0.29) is 6.04 Å². The van der Waals surface area contributed by atoms with Crippen molar-refractivity contribution in [3.05, 3.63) is 28.2 Å². The number of alkyl halides is 3. The zero-order valence-corrected chi connectivity index (χ0v) is 10.9. The van der Waals surface area contributed by atoms with E-state index in [9.17, 15) is 13.2 Å². The molecule has 1 aromatic carbocycles.